The highest BCUT2D eigenvalue weighted by molar-refractivity contribution is 7.10. The first-order chi connectivity index (χ1) is 13.9. The number of carbonyl (C=O) groups excluding carboxylic acids is 1. The molecule has 0 radical (unpaired) electrons. The molecule has 0 aliphatic carbocycles. The van der Waals surface area contributed by atoms with Gasteiger partial charge < -0.3 is 10.1 Å². The topological polar surface area (TPSA) is 47.1 Å². The number of thiophene rings is 1. The van der Waals surface area contributed by atoms with E-state index in [9.17, 15) is 4.79 Å². The summed E-state index contributed by atoms with van der Waals surface area (Å²) in [5.74, 6) is -0.0351. The van der Waals surface area contributed by atoms with Crippen LogP contribution >= 0.6 is 11.3 Å². The fourth-order valence-corrected chi connectivity index (χ4v) is 3.86. The van der Waals surface area contributed by atoms with Crippen LogP contribution in [0.15, 0.2) is 54.4 Å². The second-order valence-corrected chi connectivity index (χ2v) is 8.49. The van der Waals surface area contributed by atoms with Gasteiger partial charge in [-0.1, -0.05) is 25.1 Å². The van der Waals surface area contributed by atoms with Gasteiger partial charge in [0.25, 0.3) is 5.91 Å². The Balaban J connectivity index is 1.63. The van der Waals surface area contributed by atoms with E-state index in [1.165, 1.54) is 4.88 Å². The maximum atomic E-state index is 12.5. The van der Waals surface area contributed by atoms with Gasteiger partial charge in [0.05, 0.1) is 6.10 Å². The number of aromatic nitrogens is 2. The number of imidazole rings is 1. The molecule has 2 aromatic heterocycles. The van der Waals surface area contributed by atoms with Crippen LogP contribution in [0.5, 0.6) is 0 Å². The molecule has 29 heavy (non-hydrogen) atoms. The molecular weight excluding hydrogens is 382 g/mol. The molecule has 6 heteroatoms. The van der Waals surface area contributed by atoms with Crippen molar-refractivity contribution in [2.45, 2.75) is 59.4 Å². The zero-order valence-corrected chi connectivity index (χ0v) is 18.4. The molecule has 154 valence electrons. The number of hydrogen-bond acceptors (Lipinski definition) is 3. The van der Waals surface area contributed by atoms with Gasteiger partial charge in [-0.15, -0.1) is 11.3 Å². The zero-order valence-electron chi connectivity index (χ0n) is 17.6. The van der Waals surface area contributed by atoms with Crippen molar-refractivity contribution >= 4 is 22.9 Å². The average molecular weight is 413 g/mol. The van der Waals surface area contributed by atoms with Gasteiger partial charge in [-0.2, -0.15) is 0 Å². The summed E-state index contributed by atoms with van der Waals surface area (Å²) in [5.41, 5.74) is 3.06. The van der Waals surface area contributed by atoms with E-state index in [1.54, 1.807) is 11.3 Å². The van der Waals surface area contributed by atoms with Crippen LogP contribution in [0.25, 0.3) is 0 Å². The van der Waals surface area contributed by atoms with E-state index in [4.69, 9.17) is 4.74 Å². The Labute approximate surface area is 177 Å². The number of anilines is 1. The van der Waals surface area contributed by atoms with Crippen molar-refractivity contribution in [1.29, 1.82) is 0 Å². The van der Waals surface area contributed by atoms with Crippen molar-refractivity contribution in [3.05, 3.63) is 70.4 Å². The van der Waals surface area contributed by atoms with Gasteiger partial charge >= 0.3 is 0 Å². The van der Waals surface area contributed by atoms with Gasteiger partial charge in [0, 0.05) is 10.6 Å². The summed E-state index contributed by atoms with van der Waals surface area (Å²) in [6.45, 7) is 9.26. The number of aryl methyl sites for hydroxylation is 2. The van der Waals surface area contributed by atoms with Crippen molar-refractivity contribution in [2.75, 3.05) is 5.32 Å². The molecule has 0 aliphatic heterocycles. The largest absolute Gasteiger partial charge is 0.366 e. The molecule has 2 unspecified atom stereocenters. The summed E-state index contributed by atoms with van der Waals surface area (Å²) >= 11 is 1.71. The smallest absolute Gasteiger partial charge is 0.266 e. The van der Waals surface area contributed by atoms with Crippen LogP contribution in [0.1, 0.15) is 42.4 Å². The van der Waals surface area contributed by atoms with Crippen LogP contribution in [0.3, 0.4) is 0 Å². The van der Waals surface area contributed by atoms with E-state index in [-0.39, 0.29) is 24.7 Å². The number of hydrogen-bond donors (Lipinski definition) is 1. The molecule has 5 nitrogen and oxygen atoms in total. The number of benzene rings is 1. The van der Waals surface area contributed by atoms with Crippen molar-refractivity contribution in [3.8, 4) is 0 Å². The molecule has 3 aromatic rings. The quantitative estimate of drug-likeness (QED) is 0.520. The van der Waals surface area contributed by atoms with E-state index in [0.29, 0.717) is 0 Å². The van der Waals surface area contributed by atoms with Crippen LogP contribution in [0.4, 0.5) is 5.69 Å². The molecule has 0 aliphatic rings. The van der Waals surface area contributed by atoms with Crippen LogP contribution in [-0.4, -0.2) is 16.6 Å². The predicted molar refractivity (Wildman–Crippen MR) is 117 cm³/mol. The summed E-state index contributed by atoms with van der Waals surface area (Å²) in [5, 5.41) is 5.09. The van der Waals surface area contributed by atoms with Crippen molar-refractivity contribution in [1.82, 2.24) is 4.57 Å². The van der Waals surface area contributed by atoms with Crippen molar-refractivity contribution < 1.29 is 14.1 Å². The molecule has 2 heterocycles. The third-order valence-electron chi connectivity index (χ3n) is 4.95. The molecule has 0 fully saturated rings. The SMILES string of the molecule is CCC(C)OC(Cn1cc[n+](CC(=O)Nc2cc(C)ccc2C)c1)c1cccs1. The molecule has 3 rings (SSSR count). The number of nitrogens with zero attached hydrogens (tertiary/aromatic N) is 2. The highest BCUT2D eigenvalue weighted by Crippen LogP contribution is 2.26. The Morgan fingerprint density at radius 2 is 2.14 bits per heavy atom. The molecule has 0 bridgehead atoms. The van der Waals surface area contributed by atoms with Gasteiger partial charge in [-0.05, 0) is 55.8 Å². The predicted octanol–water partition coefficient (Wildman–Crippen LogP) is 4.65. The summed E-state index contributed by atoms with van der Waals surface area (Å²) in [6, 6.07) is 10.2. The fourth-order valence-electron chi connectivity index (χ4n) is 3.11. The highest BCUT2D eigenvalue weighted by Gasteiger charge is 2.20. The molecular formula is C23H30N3O2S+. The Morgan fingerprint density at radius 1 is 1.31 bits per heavy atom. The van der Waals surface area contributed by atoms with Gasteiger partial charge in [0.1, 0.15) is 25.0 Å². The van der Waals surface area contributed by atoms with Crippen LogP contribution in [-0.2, 0) is 22.6 Å². The first-order valence-corrected chi connectivity index (χ1v) is 10.9. The van der Waals surface area contributed by atoms with Crippen LogP contribution in [0, 0.1) is 13.8 Å². The van der Waals surface area contributed by atoms with Gasteiger partial charge in [0.15, 0.2) is 6.54 Å². The van der Waals surface area contributed by atoms with Crippen LogP contribution < -0.4 is 9.88 Å². The molecule has 1 amide bonds. The number of amides is 1. The fraction of sp³-hybridized carbons (Fsp3) is 0.391. The molecule has 2 atom stereocenters. The second-order valence-electron chi connectivity index (χ2n) is 7.51. The average Bonchev–Trinajstić information content (AvgIpc) is 3.36. The van der Waals surface area contributed by atoms with E-state index in [1.807, 2.05) is 55.3 Å². The minimum Gasteiger partial charge on any atom is -0.366 e. The Bertz CT molecular complexity index is 934. The maximum absolute atomic E-state index is 12.5. The lowest BCUT2D eigenvalue weighted by Crippen LogP contribution is -2.38. The monoisotopic (exact) mass is 412 g/mol. The molecule has 1 aromatic carbocycles. The zero-order chi connectivity index (χ0) is 20.8. The molecule has 0 spiro atoms. The minimum absolute atomic E-state index is 0.00886. The van der Waals surface area contributed by atoms with Crippen molar-refractivity contribution in [2.24, 2.45) is 0 Å². The summed E-state index contributed by atoms with van der Waals surface area (Å²) < 4.78 is 10.2. The third-order valence-corrected chi connectivity index (χ3v) is 5.91. The lowest BCUT2D eigenvalue weighted by atomic mass is 10.1. The molecule has 1 N–H and O–H groups in total. The van der Waals surface area contributed by atoms with E-state index in [0.717, 1.165) is 29.8 Å². The maximum Gasteiger partial charge on any atom is 0.266 e. The Morgan fingerprint density at radius 3 is 2.86 bits per heavy atom. The van der Waals surface area contributed by atoms with E-state index in [2.05, 4.69) is 41.2 Å². The number of nitrogens with one attached hydrogen (secondary N) is 1. The number of carbonyl (C=O) groups is 1. The van der Waals surface area contributed by atoms with Gasteiger partial charge in [0.2, 0.25) is 6.33 Å². The van der Waals surface area contributed by atoms with Crippen LogP contribution in [0.2, 0.25) is 0 Å². The summed E-state index contributed by atoms with van der Waals surface area (Å²) in [7, 11) is 0. The van der Waals surface area contributed by atoms with E-state index >= 15 is 0 Å². The van der Waals surface area contributed by atoms with Crippen molar-refractivity contribution in [3.63, 3.8) is 0 Å². The van der Waals surface area contributed by atoms with Gasteiger partial charge in [-0.3, -0.25) is 4.79 Å². The second kappa shape index (κ2) is 9.85. The normalized spacial score (nSPS) is 13.2. The summed E-state index contributed by atoms with van der Waals surface area (Å²) in [6.07, 6.45) is 7.07. The summed E-state index contributed by atoms with van der Waals surface area (Å²) in [4.78, 5) is 13.7. The molecule has 0 saturated heterocycles. The lowest BCUT2D eigenvalue weighted by molar-refractivity contribution is -0.683. The van der Waals surface area contributed by atoms with Gasteiger partial charge in [-0.25, -0.2) is 9.13 Å². The number of rotatable bonds is 9. The minimum atomic E-state index is -0.0351. The standard InChI is InChI=1S/C23H29N3O2S/c1-5-19(4)28-21(22-7-6-12-29-22)14-25-10-11-26(16-25)15-23(27)24-20-13-17(2)8-9-18(20)3/h6-13,16,19,21H,5,14-15H2,1-4H3/p+1. The first kappa shape index (κ1) is 21.3. The lowest BCUT2D eigenvalue weighted by Gasteiger charge is -2.19. The number of ether oxygens (including phenoxy) is 1. The Kier molecular flexibility index (Phi) is 7.23. The van der Waals surface area contributed by atoms with E-state index < -0.39 is 0 Å². The molecule has 0 saturated carbocycles. The Hall–Kier alpha value is -2.44. The third kappa shape index (κ3) is 6.02. The highest BCUT2D eigenvalue weighted by atomic mass is 32.1. The first-order valence-electron chi connectivity index (χ1n) is 10.1.